The second-order valence-electron chi connectivity index (χ2n) is 6.04. The van der Waals surface area contributed by atoms with E-state index in [-0.39, 0.29) is 5.91 Å². The highest BCUT2D eigenvalue weighted by Crippen LogP contribution is 2.23. The fourth-order valence-electron chi connectivity index (χ4n) is 2.85. The highest BCUT2D eigenvalue weighted by molar-refractivity contribution is 5.81. The molecule has 1 aromatic heterocycles. The Morgan fingerprint density at radius 2 is 2.00 bits per heavy atom. The number of aromatic nitrogens is 2. The lowest BCUT2D eigenvalue weighted by atomic mass is 10.2. The smallest absolute Gasteiger partial charge is 0.249 e. The maximum atomic E-state index is 11.8. The Balaban J connectivity index is 1.48. The molecule has 2 aromatic carbocycles. The Hall–Kier alpha value is -3.12. The summed E-state index contributed by atoms with van der Waals surface area (Å²) in [6, 6.07) is 17.4. The molecule has 6 nitrogen and oxygen atoms in total. The van der Waals surface area contributed by atoms with Crippen LogP contribution in [0.3, 0.4) is 0 Å². The fourth-order valence-corrected chi connectivity index (χ4v) is 2.85. The third-order valence-corrected chi connectivity index (χ3v) is 4.14. The number of carbonyl (C=O) groups is 1. The molecule has 4 rings (SSSR count). The van der Waals surface area contributed by atoms with E-state index in [0.29, 0.717) is 19.6 Å². The zero-order valence-electron chi connectivity index (χ0n) is 14.2. The van der Waals surface area contributed by atoms with Gasteiger partial charge >= 0.3 is 0 Å². The molecule has 0 spiro atoms. The molecular weight excluding hydrogens is 330 g/mol. The van der Waals surface area contributed by atoms with Crippen LogP contribution in [-0.2, 0) is 16.0 Å². The van der Waals surface area contributed by atoms with E-state index in [1.165, 1.54) is 0 Å². The molecule has 1 fully saturated rings. The minimum Gasteiger partial charge on any atom is -0.457 e. The molecule has 1 aliphatic rings. The van der Waals surface area contributed by atoms with Crippen LogP contribution in [0.4, 0.5) is 0 Å². The largest absolute Gasteiger partial charge is 0.457 e. The highest BCUT2D eigenvalue weighted by Gasteiger charge is 2.23. The van der Waals surface area contributed by atoms with Crippen LogP contribution >= 0.6 is 0 Å². The van der Waals surface area contributed by atoms with Gasteiger partial charge in [-0.1, -0.05) is 24.3 Å². The SMILES string of the molecule is O=C1NCCO[C@H]1Cc1cn(-c2cccc(Oc3ccccc3)c2)cn1. The van der Waals surface area contributed by atoms with Crippen LogP contribution in [0.25, 0.3) is 5.69 Å². The van der Waals surface area contributed by atoms with Crippen molar-refractivity contribution < 1.29 is 14.3 Å². The van der Waals surface area contributed by atoms with Crippen LogP contribution in [-0.4, -0.2) is 34.7 Å². The van der Waals surface area contributed by atoms with Gasteiger partial charge in [-0.15, -0.1) is 0 Å². The minimum absolute atomic E-state index is 0.0796. The van der Waals surface area contributed by atoms with Crippen molar-refractivity contribution in [1.82, 2.24) is 14.9 Å². The predicted octanol–water partition coefficient (Wildman–Crippen LogP) is 2.72. The van der Waals surface area contributed by atoms with E-state index >= 15 is 0 Å². The molecule has 0 aliphatic carbocycles. The maximum Gasteiger partial charge on any atom is 0.249 e. The summed E-state index contributed by atoms with van der Waals surface area (Å²) < 4.78 is 13.3. The topological polar surface area (TPSA) is 65.4 Å². The van der Waals surface area contributed by atoms with Gasteiger partial charge in [-0.25, -0.2) is 4.98 Å². The summed E-state index contributed by atoms with van der Waals surface area (Å²) in [6.45, 7) is 1.11. The van der Waals surface area contributed by atoms with Crippen LogP contribution in [0, 0.1) is 0 Å². The van der Waals surface area contributed by atoms with E-state index in [0.717, 1.165) is 22.9 Å². The van der Waals surface area contributed by atoms with Gasteiger partial charge in [0.05, 0.1) is 24.3 Å². The summed E-state index contributed by atoms with van der Waals surface area (Å²) in [6.07, 6.45) is 3.63. The van der Waals surface area contributed by atoms with Crippen molar-refractivity contribution in [2.24, 2.45) is 0 Å². The van der Waals surface area contributed by atoms with Crippen molar-refractivity contribution in [1.29, 1.82) is 0 Å². The lowest BCUT2D eigenvalue weighted by molar-refractivity contribution is -0.137. The normalized spacial score (nSPS) is 16.9. The summed E-state index contributed by atoms with van der Waals surface area (Å²) in [7, 11) is 0. The molecule has 6 heteroatoms. The maximum absolute atomic E-state index is 11.8. The molecule has 0 unspecified atom stereocenters. The molecule has 26 heavy (non-hydrogen) atoms. The van der Waals surface area contributed by atoms with Gasteiger partial charge < -0.3 is 19.4 Å². The van der Waals surface area contributed by atoms with Crippen LogP contribution in [0.15, 0.2) is 67.1 Å². The highest BCUT2D eigenvalue weighted by atomic mass is 16.5. The monoisotopic (exact) mass is 349 g/mol. The van der Waals surface area contributed by atoms with Gasteiger partial charge in [-0.05, 0) is 24.3 Å². The summed E-state index contributed by atoms with van der Waals surface area (Å²) >= 11 is 0. The lowest BCUT2D eigenvalue weighted by Gasteiger charge is -2.21. The van der Waals surface area contributed by atoms with Crippen molar-refractivity contribution in [3.05, 3.63) is 72.8 Å². The minimum atomic E-state index is -0.472. The standard InChI is InChI=1S/C20H19N3O3/c24-20-19(25-10-9-21-20)11-15-13-23(14-22-15)16-5-4-8-18(12-16)26-17-6-2-1-3-7-17/h1-8,12-14,19H,9-11H2,(H,21,24)/t19-/m0/s1. The Morgan fingerprint density at radius 1 is 1.15 bits per heavy atom. The number of para-hydroxylation sites is 1. The second-order valence-corrected chi connectivity index (χ2v) is 6.04. The number of hydrogen-bond donors (Lipinski definition) is 1. The van der Waals surface area contributed by atoms with E-state index in [9.17, 15) is 4.79 Å². The summed E-state index contributed by atoms with van der Waals surface area (Å²) in [4.78, 5) is 16.2. The average Bonchev–Trinajstić information content (AvgIpc) is 3.13. The number of benzene rings is 2. The second kappa shape index (κ2) is 7.41. The van der Waals surface area contributed by atoms with Gasteiger partial charge in [0.25, 0.3) is 0 Å². The van der Waals surface area contributed by atoms with E-state index in [1.807, 2.05) is 65.4 Å². The van der Waals surface area contributed by atoms with Gasteiger partial charge in [-0.2, -0.15) is 0 Å². The first kappa shape index (κ1) is 16.4. The number of amides is 1. The number of nitrogens with one attached hydrogen (secondary N) is 1. The zero-order chi connectivity index (χ0) is 17.8. The number of carbonyl (C=O) groups excluding carboxylic acids is 1. The van der Waals surface area contributed by atoms with Gasteiger partial charge in [0.2, 0.25) is 5.91 Å². The van der Waals surface area contributed by atoms with E-state index in [2.05, 4.69) is 10.3 Å². The first-order valence-electron chi connectivity index (χ1n) is 8.53. The predicted molar refractivity (Wildman–Crippen MR) is 96.5 cm³/mol. The number of nitrogens with zero attached hydrogens (tertiary/aromatic N) is 2. The molecule has 1 N–H and O–H groups in total. The Labute approximate surface area is 151 Å². The molecule has 2 heterocycles. The molecule has 3 aromatic rings. The third-order valence-electron chi connectivity index (χ3n) is 4.14. The molecule has 0 bridgehead atoms. The Bertz CT molecular complexity index is 892. The van der Waals surface area contributed by atoms with Gasteiger partial charge in [-0.3, -0.25) is 4.79 Å². The molecule has 132 valence electrons. The van der Waals surface area contributed by atoms with Crippen molar-refractivity contribution >= 4 is 5.91 Å². The van der Waals surface area contributed by atoms with Crippen molar-refractivity contribution in [3.63, 3.8) is 0 Å². The number of hydrogen-bond acceptors (Lipinski definition) is 4. The fraction of sp³-hybridized carbons (Fsp3) is 0.200. The van der Waals surface area contributed by atoms with E-state index in [1.54, 1.807) is 6.33 Å². The van der Waals surface area contributed by atoms with Gasteiger partial charge in [0.15, 0.2) is 0 Å². The zero-order valence-corrected chi connectivity index (χ0v) is 14.2. The van der Waals surface area contributed by atoms with Gasteiger partial charge in [0, 0.05) is 25.2 Å². The first-order chi connectivity index (χ1) is 12.8. The molecule has 0 radical (unpaired) electrons. The Morgan fingerprint density at radius 3 is 2.85 bits per heavy atom. The number of ether oxygens (including phenoxy) is 2. The molecule has 1 saturated heterocycles. The van der Waals surface area contributed by atoms with Gasteiger partial charge in [0.1, 0.15) is 17.6 Å². The van der Waals surface area contributed by atoms with Crippen molar-refractivity contribution in [3.8, 4) is 17.2 Å². The quantitative estimate of drug-likeness (QED) is 0.769. The number of imidazole rings is 1. The first-order valence-corrected chi connectivity index (χ1v) is 8.53. The molecular formula is C20H19N3O3. The van der Waals surface area contributed by atoms with E-state index < -0.39 is 6.10 Å². The third kappa shape index (κ3) is 3.75. The summed E-state index contributed by atoms with van der Waals surface area (Å²) in [5.74, 6) is 1.46. The number of rotatable bonds is 5. The summed E-state index contributed by atoms with van der Waals surface area (Å²) in [5.41, 5.74) is 1.74. The number of morpholine rings is 1. The van der Waals surface area contributed by atoms with Crippen molar-refractivity contribution in [2.75, 3.05) is 13.2 Å². The van der Waals surface area contributed by atoms with Crippen LogP contribution < -0.4 is 10.1 Å². The van der Waals surface area contributed by atoms with Crippen LogP contribution in [0.5, 0.6) is 11.5 Å². The lowest BCUT2D eigenvalue weighted by Crippen LogP contribution is -2.45. The van der Waals surface area contributed by atoms with Crippen LogP contribution in [0.1, 0.15) is 5.69 Å². The molecule has 1 aliphatic heterocycles. The molecule has 1 atom stereocenters. The molecule has 0 saturated carbocycles. The van der Waals surface area contributed by atoms with E-state index in [4.69, 9.17) is 9.47 Å². The Kier molecular flexibility index (Phi) is 4.66. The van der Waals surface area contributed by atoms with Crippen molar-refractivity contribution in [2.45, 2.75) is 12.5 Å². The average molecular weight is 349 g/mol. The molecule has 1 amide bonds. The summed E-state index contributed by atoms with van der Waals surface area (Å²) in [5, 5.41) is 2.81. The van der Waals surface area contributed by atoms with Crippen LogP contribution in [0.2, 0.25) is 0 Å².